The Morgan fingerprint density at radius 3 is 2.67 bits per heavy atom. The van der Waals surface area contributed by atoms with Crippen LogP contribution in [0.15, 0.2) is 24.3 Å². The van der Waals surface area contributed by atoms with Crippen molar-refractivity contribution in [3.05, 3.63) is 35.5 Å². The van der Waals surface area contributed by atoms with Gasteiger partial charge in [0.2, 0.25) is 0 Å². The zero-order chi connectivity index (χ0) is 13.3. The number of aryl methyl sites for hydroxylation is 1. The van der Waals surface area contributed by atoms with E-state index >= 15 is 0 Å². The van der Waals surface area contributed by atoms with Gasteiger partial charge in [-0.15, -0.1) is 0 Å². The highest BCUT2D eigenvalue weighted by molar-refractivity contribution is 5.86. The van der Waals surface area contributed by atoms with Crippen molar-refractivity contribution in [2.45, 2.75) is 19.1 Å². The second kappa shape index (κ2) is 4.80. The molecule has 2 rings (SSSR count). The molecule has 0 bridgehead atoms. The first-order valence-corrected chi connectivity index (χ1v) is 5.57. The Labute approximate surface area is 104 Å². The molecule has 2 atom stereocenters. The maximum absolute atomic E-state index is 11.3. The number of methoxy groups -OCH3 is 1. The summed E-state index contributed by atoms with van der Waals surface area (Å²) in [5.74, 6) is -0.854. The van der Waals surface area contributed by atoms with Crippen molar-refractivity contribution in [1.29, 1.82) is 0 Å². The standard InChI is InChI=1S/C13H15NO4/c1-7-10(11(15)12(16)13(17)18-2)8-5-3-4-6-9(8)14-7/h3-6,11-12,14-16H,1-2H3. The second-order valence-electron chi connectivity index (χ2n) is 4.12. The lowest BCUT2D eigenvalue weighted by molar-refractivity contribution is -0.156. The molecule has 1 aromatic carbocycles. The summed E-state index contributed by atoms with van der Waals surface area (Å²) in [5, 5.41) is 20.6. The van der Waals surface area contributed by atoms with Crippen LogP contribution in [0.25, 0.3) is 10.9 Å². The highest BCUT2D eigenvalue weighted by Gasteiger charge is 2.29. The summed E-state index contributed by atoms with van der Waals surface area (Å²) in [6, 6.07) is 7.38. The average Bonchev–Trinajstić information content (AvgIpc) is 2.71. The molecule has 0 spiro atoms. The van der Waals surface area contributed by atoms with Gasteiger partial charge in [0, 0.05) is 22.2 Å². The van der Waals surface area contributed by atoms with Crippen LogP contribution >= 0.6 is 0 Å². The van der Waals surface area contributed by atoms with Gasteiger partial charge in [-0.25, -0.2) is 4.79 Å². The maximum Gasteiger partial charge on any atom is 0.337 e. The van der Waals surface area contributed by atoms with Crippen LogP contribution in [0.5, 0.6) is 0 Å². The number of carbonyl (C=O) groups is 1. The first-order valence-electron chi connectivity index (χ1n) is 5.57. The van der Waals surface area contributed by atoms with E-state index < -0.39 is 18.2 Å². The number of aliphatic hydroxyl groups excluding tert-OH is 2. The van der Waals surface area contributed by atoms with Crippen molar-refractivity contribution < 1.29 is 19.7 Å². The van der Waals surface area contributed by atoms with Crippen LogP contribution in [-0.2, 0) is 9.53 Å². The number of aromatic nitrogens is 1. The van der Waals surface area contributed by atoms with Gasteiger partial charge >= 0.3 is 5.97 Å². The van der Waals surface area contributed by atoms with Gasteiger partial charge in [-0.3, -0.25) is 0 Å². The second-order valence-corrected chi connectivity index (χ2v) is 4.12. The number of hydrogen-bond acceptors (Lipinski definition) is 4. The van der Waals surface area contributed by atoms with Gasteiger partial charge in [-0.2, -0.15) is 0 Å². The van der Waals surface area contributed by atoms with E-state index in [9.17, 15) is 15.0 Å². The van der Waals surface area contributed by atoms with Gasteiger partial charge in [0.25, 0.3) is 0 Å². The third-order valence-electron chi connectivity index (χ3n) is 2.98. The van der Waals surface area contributed by atoms with Crippen LogP contribution in [-0.4, -0.2) is 34.4 Å². The number of rotatable bonds is 3. The number of ether oxygens (including phenoxy) is 1. The van der Waals surface area contributed by atoms with E-state index in [-0.39, 0.29) is 0 Å². The molecule has 3 N–H and O–H groups in total. The topological polar surface area (TPSA) is 82.6 Å². The predicted molar refractivity (Wildman–Crippen MR) is 66.0 cm³/mol. The molecule has 0 aliphatic rings. The molecule has 0 saturated carbocycles. The molecule has 1 aromatic heterocycles. The Kier molecular flexibility index (Phi) is 3.36. The summed E-state index contributed by atoms with van der Waals surface area (Å²) in [4.78, 5) is 14.3. The minimum absolute atomic E-state index is 0.517. The van der Waals surface area contributed by atoms with Crippen LogP contribution in [0.1, 0.15) is 17.4 Å². The summed E-state index contributed by atoms with van der Waals surface area (Å²) < 4.78 is 4.42. The Balaban J connectivity index is 2.47. The number of aliphatic hydroxyl groups is 2. The van der Waals surface area contributed by atoms with Crippen LogP contribution in [0.4, 0.5) is 0 Å². The van der Waals surface area contributed by atoms with Gasteiger partial charge in [-0.1, -0.05) is 18.2 Å². The van der Waals surface area contributed by atoms with Crippen molar-refractivity contribution in [1.82, 2.24) is 4.98 Å². The molecule has 5 nitrogen and oxygen atoms in total. The molecule has 0 aliphatic carbocycles. The first kappa shape index (κ1) is 12.6. The monoisotopic (exact) mass is 249 g/mol. The van der Waals surface area contributed by atoms with Crippen molar-refractivity contribution in [2.75, 3.05) is 7.11 Å². The van der Waals surface area contributed by atoms with Gasteiger partial charge in [0.15, 0.2) is 6.10 Å². The Morgan fingerprint density at radius 1 is 1.33 bits per heavy atom. The fraction of sp³-hybridized carbons (Fsp3) is 0.308. The lowest BCUT2D eigenvalue weighted by Gasteiger charge is -2.16. The van der Waals surface area contributed by atoms with Gasteiger partial charge in [0.05, 0.1) is 7.11 Å². The van der Waals surface area contributed by atoms with E-state index in [2.05, 4.69) is 9.72 Å². The summed E-state index contributed by atoms with van der Waals surface area (Å²) in [6.07, 6.45) is -2.90. The number of para-hydroxylation sites is 1. The highest BCUT2D eigenvalue weighted by Crippen LogP contribution is 2.29. The van der Waals surface area contributed by atoms with Crippen LogP contribution in [0, 0.1) is 6.92 Å². The van der Waals surface area contributed by atoms with E-state index in [1.807, 2.05) is 24.3 Å². The lowest BCUT2D eigenvalue weighted by Crippen LogP contribution is -2.29. The third-order valence-corrected chi connectivity index (χ3v) is 2.98. The average molecular weight is 249 g/mol. The van der Waals surface area contributed by atoms with E-state index in [1.165, 1.54) is 7.11 Å². The Hall–Kier alpha value is -1.85. The SMILES string of the molecule is COC(=O)C(O)C(O)c1c(C)[nH]c2ccccc12. The van der Waals surface area contributed by atoms with E-state index in [1.54, 1.807) is 6.92 Å². The largest absolute Gasteiger partial charge is 0.467 e. The van der Waals surface area contributed by atoms with Gasteiger partial charge < -0.3 is 19.9 Å². The summed E-state index contributed by atoms with van der Waals surface area (Å²) in [6.45, 7) is 1.78. The minimum Gasteiger partial charge on any atom is -0.467 e. The molecular weight excluding hydrogens is 234 g/mol. The zero-order valence-electron chi connectivity index (χ0n) is 10.2. The molecule has 0 amide bonds. The number of benzene rings is 1. The van der Waals surface area contributed by atoms with Crippen LogP contribution < -0.4 is 0 Å². The minimum atomic E-state index is -1.59. The van der Waals surface area contributed by atoms with E-state index in [4.69, 9.17) is 0 Å². The molecule has 96 valence electrons. The first-order chi connectivity index (χ1) is 8.56. The molecular formula is C13H15NO4. The number of nitrogens with one attached hydrogen (secondary N) is 1. The number of aromatic amines is 1. The fourth-order valence-electron chi connectivity index (χ4n) is 2.09. The van der Waals surface area contributed by atoms with Crippen molar-refractivity contribution >= 4 is 16.9 Å². The highest BCUT2D eigenvalue weighted by atomic mass is 16.5. The number of fused-ring (bicyclic) bond motifs is 1. The van der Waals surface area contributed by atoms with Crippen molar-refractivity contribution in [2.24, 2.45) is 0 Å². The number of H-pyrrole nitrogens is 1. The smallest absolute Gasteiger partial charge is 0.337 e. The summed E-state index contributed by atoms with van der Waals surface area (Å²) >= 11 is 0. The van der Waals surface area contributed by atoms with Gasteiger partial charge in [0.1, 0.15) is 6.10 Å². The molecule has 1 heterocycles. The van der Waals surface area contributed by atoms with Crippen LogP contribution in [0.2, 0.25) is 0 Å². The molecule has 5 heteroatoms. The molecule has 2 unspecified atom stereocenters. The predicted octanol–water partition coefficient (Wildman–Crippen LogP) is 1.04. The Morgan fingerprint density at radius 2 is 2.00 bits per heavy atom. The molecule has 0 aliphatic heterocycles. The molecule has 0 saturated heterocycles. The zero-order valence-corrected chi connectivity index (χ0v) is 10.2. The number of hydrogen-bond donors (Lipinski definition) is 3. The van der Waals surface area contributed by atoms with Crippen LogP contribution in [0.3, 0.4) is 0 Å². The lowest BCUT2D eigenvalue weighted by atomic mass is 10.0. The number of esters is 1. The maximum atomic E-state index is 11.3. The number of carbonyl (C=O) groups excluding carboxylic acids is 1. The normalized spacial score (nSPS) is 14.4. The quantitative estimate of drug-likeness (QED) is 0.710. The molecule has 18 heavy (non-hydrogen) atoms. The third kappa shape index (κ3) is 1.98. The van der Waals surface area contributed by atoms with Gasteiger partial charge in [-0.05, 0) is 13.0 Å². The molecule has 0 radical (unpaired) electrons. The molecule has 2 aromatic rings. The summed E-state index contributed by atoms with van der Waals surface area (Å²) in [5.41, 5.74) is 2.08. The molecule has 0 fully saturated rings. The van der Waals surface area contributed by atoms with Crippen molar-refractivity contribution in [3.8, 4) is 0 Å². The van der Waals surface area contributed by atoms with Crippen molar-refractivity contribution in [3.63, 3.8) is 0 Å². The fourth-order valence-corrected chi connectivity index (χ4v) is 2.09. The van der Waals surface area contributed by atoms with E-state index in [0.717, 1.165) is 10.9 Å². The van der Waals surface area contributed by atoms with E-state index in [0.29, 0.717) is 11.3 Å². The Bertz CT molecular complexity index is 575. The summed E-state index contributed by atoms with van der Waals surface area (Å²) in [7, 11) is 1.17.